The van der Waals surface area contributed by atoms with Crippen LogP contribution in [0.5, 0.6) is 0 Å². The highest BCUT2D eigenvalue weighted by Gasteiger charge is 2.23. The number of anilines is 2. The summed E-state index contributed by atoms with van der Waals surface area (Å²) >= 11 is 1.48. The zero-order valence-corrected chi connectivity index (χ0v) is 12.0. The smallest absolute Gasteiger partial charge is 0.319 e. The number of nitrogens with zero attached hydrogens (tertiary/aromatic N) is 1. The van der Waals surface area contributed by atoms with Gasteiger partial charge in [-0.2, -0.15) is 0 Å². The number of aryl methyl sites for hydroxylation is 1. The third-order valence-corrected chi connectivity index (χ3v) is 4.34. The monoisotopic (exact) mass is 306 g/mol. The minimum atomic E-state index is -0.330. The highest BCUT2D eigenvalue weighted by molar-refractivity contribution is 7.15. The molecule has 0 fully saturated rings. The predicted octanol–water partition coefficient (Wildman–Crippen LogP) is 2.54. The van der Waals surface area contributed by atoms with E-state index >= 15 is 0 Å². The molecule has 2 aromatic rings. The van der Waals surface area contributed by atoms with Crippen LogP contribution in [-0.4, -0.2) is 17.1 Å². The first-order valence-corrected chi connectivity index (χ1v) is 7.49. The van der Waals surface area contributed by atoms with E-state index in [9.17, 15) is 9.18 Å². The van der Waals surface area contributed by atoms with Gasteiger partial charge in [-0.1, -0.05) is 0 Å². The molecule has 0 radical (unpaired) electrons. The van der Waals surface area contributed by atoms with Crippen molar-refractivity contribution in [2.75, 3.05) is 11.1 Å². The lowest BCUT2D eigenvalue weighted by molar-refractivity contribution is 0.247. The molecule has 7 heteroatoms. The van der Waals surface area contributed by atoms with E-state index in [1.54, 1.807) is 0 Å². The number of rotatable bonds is 2. The van der Waals surface area contributed by atoms with Crippen LogP contribution in [0.25, 0.3) is 0 Å². The second-order valence-corrected chi connectivity index (χ2v) is 6.08. The predicted molar refractivity (Wildman–Crippen MR) is 80.9 cm³/mol. The van der Waals surface area contributed by atoms with E-state index in [4.69, 9.17) is 5.73 Å². The summed E-state index contributed by atoms with van der Waals surface area (Å²) in [4.78, 5) is 17.3. The minimum absolute atomic E-state index is 0.0674. The van der Waals surface area contributed by atoms with Gasteiger partial charge in [-0.15, -0.1) is 11.3 Å². The molecular formula is C14H15FN4OS. The van der Waals surface area contributed by atoms with Crippen LogP contribution in [0.3, 0.4) is 0 Å². The standard InChI is InChI=1S/C14H15FN4OS/c15-8-1-3-9(4-2-8)17-14(20)18-10-5-6-11-12(7-10)21-13(16)19-11/h1-4,10H,5-7H2,(H2,16,19)(H2,17,18,20)/t10-/m0/s1. The fourth-order valence-electron chi connectivity index (χ4n) is 2.40. The number of amides is 2. The fourth-order valence-corrected chi connectivity index (χ4v) is 3.36. The van der Waals surface area contributed by atoms with Crippen LogP contribution < -0.4 is 16.4 Å². The molecule has 1 aromatic carbocycles. The van der Waals surface area contributed by atoms with Gasteiger partial charge in [-0.3, -0.25) is 0 Å². The molecule has 1 aliphatic rings. The average molecular weight is 306 g/mol. The Labute approximate surface area is 125 Å². The molecule has 5 nitrogen and oxygen atoms in total. The zero-order chi connectivity index (χ0) is 14.8. The summed E-state index contributed by atoms with van der Waals surface area (Å²) in [6.07, 6.45) is 2.42. The second kappa shape index (κ2) is 5.69. The third kappa shape index (κ3) is 3.30. The molecule has 0 bridgehead atoms. The van der Waals surface area contributed by atoms with Crippen molar-refractivity contribution >= 4 is 28.2 Å². The number of carbonyl (C=O) groups excluding carboxylic acids is 1. The van der Waals surface area contributed by atoms with Crippen molar-refractivity contribution in [3.8, 4) is 0 Å². The fraction of sp³-hybridized carbons (Fsp3) is 0.286. The lowest BCUT2D eigenvalue weighted by atomic mass is 9.98. The quantitative estimate of drug-likeness (QED) is 0.797. The van der Waals surface area contributed by atoms with Crippen molar-refractivity contribution < 1.29 is 9.18 Å². The van der Waals surface area contributed by atoms with Crippen molar-refractivity contribution in [2.45, 2.75) is 25.3 Å². The number of nitrogens with one attached hydrogen (secondary N) is 2. The molecule has 0 saturated carbocycles. The lowest BCUT2D eigenvalue weighted by Crippen LogP contribution is -2.41. The molecule has 1 aliphatic carbocycles. The number of aromatic nitrogens is 1. The van der Waals surface area contributed by atoms with Crippen molar-refractivity contribution in [3.05, 3.63) is 40.7 Å². The third-order valence-electron chi connectivity index (χ3n) is 3.39. The summed E-state index contributed by atoms with van der Waals surface area (Å²) in [5, 5.41) is 6.20. The van der Waals surface area contributed by atoms with Crippen LogP contribution in [0, 0.1) is 5.82 Å². The summed E-state index contributed by atoms with van der Waals surface area (Å²) in [5.41, 5.74) is 7.31. The van der Waals surface area contributed by atoms with Crippen molar-refractivity contribution in [1.82, 2.24) is 10.3 Å². The molecule has 0 spiro atoms. The molecule has 4 N–H and O–H groups in total. The van der Waals surface area contributed by atoms with E-state index in [0.29, 0.717) is 10.8 Å². The van der Waals surface area contributed by atoms with Crippen LogP contribution in [-0.2, 0) is 12.8 Å². The topological polar surface area (TPSA) is 80.0 Å². The summed E-state index contributed by atoms with van der Waals surface area (Å²) in [6.45, 7) is 0. The molecular weight excluding hydrogens is 291 g/mol. The van der Waals surface area contributed by atoms with Crippen LogP contribution in [0.4, 0.5) is 20.0 Å². The number of thiazole rings is 1. The van der Waals surface area contributed by atoms with Crippen molar-refractivity contribution in [3.63, 3.8) is 0 Å². The highest BCUT2D eigenvalue weighted by atomic mass is 32.1. The Hall–Kier alpha value is -2.15. The Balaban J connectivity index is 1.57. The van der Waals surface area contributed by atoms with Gasteiger partial charge in [0.25, 0.3) is 0 Å². The molecule has 1 atom stereocenters. The number of fused-ring (bicyclic) bond motifs is 1. The molecule has 3 rings (SSSR count). The molecule has 110 valence electrons. The molecule has 0 aliphatic heterocycles. The van der Waals surface area contributed by atoms with Gasteiger partial charge < -0.3 is 16.4 Å². The molecule has 21 heavy (non-hydrogen) atoms. The van der Waals surface area contributed by atoms with E-state index in [0.717, 1.165) is 29.8 Å². The average Bonchev–Trinajstić information content (AvgIpc) is 2.80. The van der Waals surface area contributed by atoms with Gasteiger partial charge in [0, 0.05) is 23.0 Å². The van der Waals surface area contributed by atoms with Gasteiger partial charge in [0.1, 0.15) is 5.82 Å². The maximum absolute atomic E-state index is 12.8. The number of nitrogens with two attached hydrogens (primary N) is 1. The van der Waals surface area contributed by atoms with Crippen LogP contribution in [0.2, 0.25) is 0 Å². The van der Waals surface area contributed by atoms with E-state index in [-0.39, 0.29) is 17.9 Å². The van der Waals surface area contributed by atoms with Gasteiger partial charge in [0.05, 0.1) is 5.69 Å². The summed E-state index contributed by atoms with van der Waals surface area (Å²) in [6, 6.07) is 5.45. The number of nitrogen functional groups attached to an aromatic ring is 1. The molecule has 1 heterocycles. The summed E-state index contributed by atoms with van der Waals surface area (Å²) < 4.78 is 12.8. The summed E-state index contributed by atoms with van der Waals surface area (Å²) in [5.74, 6) is -0.330. The highest BCUT2D eigenvalue weighted by Crippen LogP contribution is 2.28. The summed E-state index contributed by atoms with van der Waals surface area (Å²) in [7, 11) is 0. The normalized spacial score (nSPS) is 17.1. The Morgan fingerprint density at radius 3 is 2.90 bits per heavy atom. The van der Waals surface area contributed by atoms with E-state index in [1.807, 2.05) is 0 Å². The van der Waals surface area contributed by atoms with E-state index in [2.05, 4.69) is 15.6 Å². The first-order valence-electron chi connectivity index (χ1n) is 6.67. The lowest BCUT2D eigenvalue weighted by Gasteiger charge is -2.22. The van der Waals surface area contributed by atoms with Crippen molar-refractivity contribution in [1.29, 1.82) is 0 Å². The molecule has 1 aromatic heterocycles. The molecule has 0 unspecified atom stereocenters. The Bertz CT molecular complexity index is 655. The number of hydrogen-bond acceptors (Lipinski definition) is 4. The van der Waals surface area contributed by atoms with Gasteiger partial charge >= 0.3 is 6.03 Å². The zero-order valence-electron chi connectivity index (χ0n) is 11.2. The van der Waals surface area contributed by atoms with Gasteiger partial charge in [-0.25, -0.2) is 14.2 Å². The van der Waals surface area contributed by atoms with E-state index < -0.39 is 0 Å². The Morgan fingerprint density at radius 1 is 1.38 bits per heavy atom. The number of benzene rings is 1. The van der Waals surface area contributed by atoms with Crippen LogP contribution >= 0.6 is 11.3 Å². The Morgan fingerprint density at radius 2 is 2.14 bits per heavy atom. The Kier molecular flexibility index (Phi) is 3.74. The molecule has 0 saturated heterocycles. The van der Waals surface area contributed by atoms with Crippen LogP contribution in [0.15, 0.2) is 24.3 Å². The number of urea groups is 1. The number of carbonyl (C=O) groups is 1. The first kappa shape index (κ1) is 13.8. The number of halogens is 1. The molecule has 2 amide bonds. The second-order valence-electron chi connectivity index (χ2n) is 4.97. The maximum atomic E-state index is 12.8. The van der Waals surface area contributed by atoms with Gasteiger partial charge in [-0.05, 0) is 37.1 Å². The van der Waals surface area contributed by atoms with Gasteiger partial charge in [0.15, 0.2) is 5.13 Å². The minimum Gasteiger partial charge on any atom is -0.375 e. The SMILES string of the molecule is Nc1nc2c(s1)C[C@@H](NC(=O)Nc1ccc(F)cc1)CC2. The van der Waals surface area contributed by atoms with Crippen molar-refractivity contribution in [2.24, 2.45) is 0 Å². The number of hydrogen-bond donors (Lipinski definition) is 3. The van der Waals surface area contributed by atoms with Crippen LogP contribution in [0.1, 0.15) is 17.0 Å². The largest absolute Gasteiger partial charge is 0.375 e. The van der Waals surface area contributed by atoms with Gasteiger partial charge in [0.2, 0.25) is 0 Å². The first-order chi connectivity index (χ1) is 10.1. The maximum Gasteiger partial charge on any atom is 0.319 e. The van der Waals surface area contributed by atoms with E-state index in [1.165, 1.54) is 35.6 Å².